The first kappa shape index (κ1) is 12.1. The Morgan fingerprint density at radius 3 is 2.20 bits per heavy atom. The van der Waals surface area contributed by atoms with Gasteiger partial charge in [0, 0.05) is 18.0 Å². The summed E-state index contributed by atoms with van der Waals surface area (Å²) in [5, 5.41) is 7.30. The maximum atomic E-state index is 5.23. The maximum absolute atomic E-state index is 5.23. The molecule has 1 rings (SSSR count). The van der Waals surface area contributed by atoms with E-state index in [1.807, 2.05) is 6.07 Å². The van der Waals surface area contributed by atoms with Gasteiger partial charge in [0.15, 0.2) is 0 Å². The Balaban J connectivity index is 2.62. The van der Waals surface area contributed by atoms with Gasteiger partial charge in [-0.15, -0.1) is 0 Å². The van der Waals surface area contributed by atoms with Crippen molar-refractivity contribution in [3.05, 3.63) is 11.8 Å². The van der Waals surface area contributed by atoms with Crippen molar-refractivity contribution in [3.63, 3.8) is 0 Å². The van der Waals surface area contributed by atoms with Gasteiger partial charge >= 0.3 is 0 Å². The fourth-order valence-corrected chi connectivity index (χ4v) is 1.06. The highest BCUT2D eigenvalue weighted by Gasteiger charge is 2.19. The van der Waals surface area contributed by atoms with E-state index < -0.39 is 0 Å². The van der Waals surface area contributed by atoms with Gasteiger partial charge in [-0.2, -0.15) is 0 Å². The molecule has 3 nitrogen and oxygen atoms in total. The molecule has 0 unspecified atom stereocenters. The Hall–Kier alpha value is -0.990. The lowest BCUT2D eigenvalue weighted by atomic mass is 9.92. The van der Waals surface area contributed by atoms with Crippen molar-refractivity contribution in [2.24, 2.45) is 5.41 Å². The molecule has 0 bridgehead atoms. The Bertz CT molecular complexity index is 315. The van der Waals surface area contributed by atoms with E-state index in [9.17, 15) is 0 Å². The van der Waals surface area contributed by atoms with Crippen molar-refractivity contribution >= 4 is 5.88 Å². The zero-order valence-corrected chi connectivity index (χ0v) is 10.6. The zero-order chi connectivity index (χ0) is 11.7. The van der Waals surface area contributed by atoms with Gasteiger partial charge in [0.2, 0.25) is 5.88 Å². The summed E-state index contributed by atoms with van der Waals surface area (Å²) in [6.45, 7) is 13.8. The Morgan fingerprint density at radius 1 is 1.20 bits per heavy atom. The second kappa shape index (κ2) is 3.87. The number of rotatable bonds is 2. The van der Waals surface area contributed by atoms with Crippen LogP contribution in [0.4, 0.5) is 5.88 Å². The minimum atomic E-state index is 0.0468. The van der Waals surface area contributed by atoms with E-state index in [1.165, 1.54) is 0 Å². The van der Waals surface area contributed by atoms with Crippen LogP contribution in [0.5, 0.6) is 0 Å². The first-order valence-corrected chi connectivity index (χ1v) is 5.39. The first-order valence-electron chi connectivity index (χ1n) is 5.39. The Labute approximate surface area is 92.2 Å². The fourth-order valence-electron chi connectivity index (χ4n) is 1.06. The Kier molecular flexibility index (Phi) is 3.12. The van der Waals surface area contributed by atoms with Crippen molar-refractivity contribution in [3.8, 4) is 0 Å². The molecule has 0 saturated heterocycles. The summed E-state index contributed by atoms with van der Waals surface area (Å²) in [5.74, 6) is 0.759. The molecule has 15 heavy (non-hydrogen) atoms. The molecule has 0 amide bonds. The molecule has 0 aliphatic heterocycles. The van der Waals surface area contributed by atoms with Crippen LogP contribution in [-0.4, -0.2) is 11.7 Å². The van der Waals surface area contributed by atoms with Crippen molar-refractivity contribution in [1.82, 2.24) is 5.16 Å². The predicted molar refractivity (Wildman–Crippen MR) is 63.1 cm³/mol. The van der Waals surface area contributed by atoms with E-state index in [0.29, 0.717) is 0 Å². The highest BCUT2D eigenvalue weighted by Crippen LogP contribution is 2.24. The third-order valence-electron chi connectivity index (χ3n) is 2.07. The molecule has 0 aliphatic carbocycles. The molecule has 0 aliphatic rings. The lowest BCUT2D eigenvalue weighted by Gasteiger charge is -2.17. The van der Waals surface area contributed by atoms with Crippen LogP contribution >= 0.6 is 0 Å². The van der Waals surface area contributed by atoms with Crippen LogP contribution in [0.15, 0.2) is 10.6 Å². The highest BCUT2D eigenvalue weighted by atomic mass is 16.5. The van der Waals surface area contributed by atoms with Gasteiger partial charge in [0.05, 0.1) is 5.69 Å². The van der Waals surface area contributed by atoms with E-state index in [0.717, 1.165) is 18.1 Å². The average Bonchev–Trinajstić information content (AvgIpc) is 2.45. The number of nitrogens with one attached hydrogen (secondary N) is 1. The molecular weight excluding hydrogens is 188 g/mol. The number of nitrogens with zero attached hydrogens (tertiary/aromatic N) is 1. The van der Waals surface area contributed by atoms with Crippen LogP contribution in [0.1, 0.15) is 47.2 Å². The number of hydrogen-bond acceptors (Lipinski definition) is 3. The predicted octanol–water partition coefficient (Wildman–Crippen LogP) is 3.43. The van der Waals surface area contributed by atoms with Crippen molar-refractivity contribution in [2.45, 2.75) is 47.0 Å². The third kappa shape index (κ3) is 3.94. The molecule has 0 spiro atoms. The second-order valence-electron chi connectivity index (χ2n) is 6.24. The van der Waals surface area contributed by atoms with Crippen LogP contribution in [0.3, 0.4) is 0 Å². The fraction of sp³-hybridized carbons (Fsp3) is 0.750. The van der Waals surface area contributed by atoms with E-state index >= 15 is 0 Å². The molecule has 0 saturated carbocycles. The number of anilines is 1. The van der Waals surface area contributed by atoms with Crippen LogP contribution in [0.25, 0.3) is 0 Å². The standard InChI is InChI=1S/C12H22N2O/c1-11(2,3)8-13-10-7-9(14-15-10)12(4,5)6/h7,13H,8H2,1-6H3. The minimum Gasteiger partial charge on any atom is -0.353 e. The lowest BCUT2D eigenvalue weighted by Crippen LogP contribution is -2.18. The monoisotopic (exact) mass is 210 g/mol. The van der Waals surface area contributed by atoms with Crippen molar-refractivity contribution in [1.29, 1.82) is 0 Å². The van der Waals surface area contributed by atoms with Crippen molar-refractivity contribution in [2.75, 3.05) is 11.9 Å². The van der Waals surface area contributed by atoms with Gasteiger partial charge in [-0.25, -0.2) is 0 Å². The molecule has 1 N–H and O–H groups in total. The first-order chi connectivity index (χ1) is 6.68. The number of aromatic nitrogens is 1. The summed E-state index contributed by atoms with van der Waals surface area (Å²) in [7, 11) is 0. The third-order valence-corrected chi connectivity index (χ3v) is 2.07. The van der Waals surface area contributed by atoms with Crippen LogP contribution in [0.2, 0.25) is 0 Å². The normalized spacial score (nSPS) is 12.9. The quantitative estimate of drug-likeness (QED) is 0.812. The largest absolute Gasteiger partial charge is 0.353 e. The molecule has 1 aromatic heterocycles. The van der Waals surface area contributed by atoms with Gasteiger partial charge in [-0.3, -0.25) is 0 Å². The molecule has 0 atom stereocenters. The minimum absolute atomic E-state index is 0.0468. The molecule has 86 valence electrons. The summed E-state index contributed by atoms with van der Waals surface area (Å²) in [4.78, 5) is 0. The van der Waals surface area contributed by atoms with Crippen LogP contribution in [0, 0.1) is 5.41 Å². The van der Waals surface area contributed by atoms with E-state index in [1.54, 1.807) is 0 Å². The SMILES string of the molecule is CC(C)(C)CNc1cc(C(C)(C)C)no1. The molecule has 1 heterocycles. The van der Waals surface area contributed by atoms with Gasteiger partial charge < -0.3 is 9.84 Å². The molecule has 3 heteroatoms. The topological polar surface area (TPSA) is 38.1 Å². The lowest BCUT2D eigenvalue weighted by molar-refractivity contribution is 0.390. The highest BCUT2D eigenvalue weighted by molar-refractivity contribution is 5.33. The van der Waals surface area contributed by atoms with Gasteiger partial charge in [-0.05, 0) is 5.41 Å². The van der Waals surface area contributed by atoms with E-state index in [-0.39, 0.29) is 10.8 Å². The summed E-state index contributed by atoms with van der Waals surface area (Å²) in [5.41, 5.74) is 1.28. The smallest absolute Gasteiger partial charge is 0.224 e. The summed E-state index contributed by atoms with van der Waals surface area (Å²) in [6.07, 6.45) is 0. The van der Waals surface area contributed by atoms with Gasteiger partial charge in [0.1, 0.15) is 0 Å². The van der Waals surface area contributed by atoms with Gasteiger partial charge in [0.25, 0.3) is 0 Å². The number of hydrogen-bond donors (Lipinski definition) is 1. The van der Waals surface area contributed by atoms with E-state index in [2.05, 4.69) is 52.0 Å². The van der Waals surface area contributed by atoms with Gasteiger partial charge in [-0.1, -0.05) is 46.7 Å². The zero-order valence-electron chi connectivity index (χ0n) is 10.6. The second-order valence-corrected chi connectivity index (χ2v) is 6.24. The Morgan fingerprint density at radius 2 is 1.80 bits per heavy atom. The molecular formula is C12H22N2O. The maximum Gasteiger partial charge on any atom is 0.224 e. The average molecular weight is 210 g/mol. The van der Waals surface area contributed by atoms with Crippen molar-refractivity contribution < 1.29 is 4.52 Å². The van der Waals surface area contributed by atoms with Crippen LogP contribution < -0.4 is 5.32 Å². The molecule has 0 radical (unpaired) electrons. The summed E-state index contributed by atoms with van der Waals surface area (Å²) in [6, 6.07) is 1.98. The molecule has 0 aromatic carbocycles. The molecule has 1 aromatic rings. The van der Waals surface area contributed by atoms with Crippen LogP contribution in [-0.2, 0) is 5.41 Å². The summed E-state index contributed by atoms with van der Waals surface area (Å²) < 4.78 is 5.23. The molecule has 0 fully saturated rings. The van der Waals surface area contributed by atoms with E-state index in [4.69, 9.17) is 4.52 Å². The summed E-state index contributed by atoms with van der Waals surface area (Å²) >= 11 is 0.